The topological polar surface area (TPSA) is 43.7 Å². The standard InChI is InChI=1S/C24H28N2O3/c1-5-25(6-2)14-19-15-26-16(3)22(20-8-7-9-21(29-19)23(20)26)24(27)17-10-12-18(28-4)13-11-17/h7-13,19H,5-6,14-15H2,1-4H3. The molecule has 2 heterocycles. The van der Waals surface area contributed by atoms with Crippen molar-refractivity contribution in [3.8, 4) is 11.5 Å². The molecule has 4 rings (SSSR count). The monoisotopic (exact) mass is 392 g/mol. The Kier molecular flexibility index (Phi) is 5.33. The maximum atomic E-state index is 13.4. The van der Waals surface area contributed by atoms with Gasteiger partial charge in [-0.3, -0.25) is 4.79 Å². The van der Waals surface area contributed by atoms with Crippen molar-refractivity contribution in [3.05, 3.63) is 59.3 Å². The van der Waals surface area contributed by atoms with Gasteiger partial charge in [0.1, 0.15) is 17.6 Å². The van der Waals surface area contributed by atoms with E-state index in [1.807, 2.05) is 49.4 Å². The SMILES string of the molecule is CCN(CC)CC1Cn2c(C)c(C(=O)c3ccc(OC)cc3)c3cccc(c32)O1. The van der Waals surface area contributed by atoms with Crippen LogP contribution < -0.4 is 9.47 Å². The van der Waals surface area contributed by atoms with Gasteiger partial charge < -0.3 is 18.9 Å². The van der Waals surface area contributed by atoms with Gasteiger partial charge in [-0.1, -0.05) is 26.0 Å². The zero-order valence-corrected chi connectivity index (χ0v) is 17.6. The van der Waals surface area contributed by atoms with E-state index in [-0.39, 0.29) is 11.9 Å². The molecule has 1 unspecified atom stereocenters. The molecule has 2 aromatic carbocycles. The number of carbonyl (C=O) groups excluding carboxylic acids is 1. The molecule has 0 radical (unpaired) electrons. The summed E-state index contributed by atoms with van der Waals surface area (Å²) in [5.74, 6) is 1.64. The minimum absolute atomic E-state index is 0.0354. The fraction of sp³-hybridized carbons (Fsp3) is 0.375. The second-order valence-corrected chi connectivity index (χ2v) is 7.51. The molecule has 0 bridgehead atoms. The van der Waals surface area contributed by atoms with Crippen LogP contribution in [0.3, 0.4) is 0 Å². The summed E-state index contributed by atoms with van der Waals surface area (Å²) in [4.78, 5) is 15.8. The van der Waals surface area contributed by atoms with Gasteiger partial charge in [-0.2, -0.15) is 0 Å². The summed E-state index contributed by atoms with van der Waals surface area (Å²) in [7, 11) is 1.63. The molecule has 0 saturated carbocycles. The highest BCUT2D eigenvalue weighted by Crippen LogP contribution is 2.37. The van der Waals surface area contributed by atoms with E-state index < -0.39 is 0 Å². The van der Waals surface area contributed by atoms with Crippen LogP contribution in [0.1, 0.15) is 35.5 Å². The lowest BCUT2D eigenvalue weighted by molar-refractivity contribution is 0.103. The molecule has 5 heteroatoms. The van der Waals surface area contributed by atoms with Gasteiger partial charge in [-0.25, -0.2) is 0 Å². The van der Waals surface area contributed by atoms with Crippen molar-refractivity contribution < 1.29 is 14.3 Å². The molecule has 0 N–H and O–H groups in total. The van der Waals surface area contributed by atoms with Crippen molar-refractivity contribution in [2.24, 2.45) is 0 Å². The maximum absolute atomic E-state index is 13.4. The number of ether oxygens (including phenoxy) is 2. The summed E-state index contributed by atoms with van der Waals surface area (Å²) < 4.78 is 13.8. The molecule has 29 heavy (non-hydrogen) atoms. The predicted molar refractivity (Wildman–Crippen MR) is 115 cm³/mol. The zero-order valence-electron chi connectivity index (χ0n) is 17.6. The minimum atomic E-state index is 0.0354. The van der Waals surface area contributed by atoms with E-state index in [0.29, 0.717) is 5.56 Å². The summed E-state index contributed by atoms with van der Waals surface area (Å²) in [6.45, 7) is 10.0. The molecule has 5 nitrogen and oxygen atoms in total. The molecule has 152 valence electrons. The molecule has 1 atom stereocenters. The number of methoxy groups -OCH3 is 1. The van der Waals surface area contributed by atoms with Crippen LogP contribution in [-0.4, -0.2) is 48.1 Å². The highest BCUT2D eigenvalue weighted by molar-refractivity contribution is 6.18. The van der Waals surface area contributed by atoms with Gasteiger partial charge >= 0.3 is 0 Å². The first kappa shape index (κ1) is 19.5. The Morgan fingerprint density at radius 1 is 1.17 bits per heavy atom. The number of likely N-dealkylation sites (N-methyl/N-ethyl adjacent to an activating group) is 1. The van der Waals surface area contributed by atoms with Gasteiger partial charge in [0.05, 0.1) is 24.7 Å². The van der Waals surface area contributed by atoms with Crippen LogP contribution in [0.5, 0.6) is 11.5 Å². The second kappa shape index (κ2) is 7.91. The van der Waals surface area contributed by atoms with Crippen molar-refractivity contribution in [1.82, 2.24) is 9.47 Å². The van der Waals surface area contributed by atoms with Gasteiger partial charge in [-0.05, 0) is 50.3 Å². The Bertz CT molecular complexity index is 1030. The molecule has 0 fully saturated rings. The summed E-state index contributed by atoms with van der Waals surface area (Å²) in [6.07, 6.45) is 0.0723. The Morgan fingerprint density at radius 2 is 1.90 bits per heavy atom. The van der Waals surface area contributed by atoms with Gasteiger partial charge in [0, 0.05) is 23.2 Å². The third-order valence-corrected chi connectivity index (χ3v) is 5.92. The highest BCUT2D eigenvalue weighted by Gasteiger charge is 2.29. The first-order chi connectivity index (χ1) is 14.1. The number of hydrogen-bond acceptors (Lipinski definition) is 4. The molecule has 0 saturated heterocycles. The predicted octanol–water partition coefficient (Wildman–Crippen LogP) is 4.29. The first-order valence-corrected chi connectivity index (χ1v) is 10.3. The largest absolute Gasteiger partial charge is 0.497 e. The fourth-order valence-corrected chi connectivity index (χ4v) is 4.28. The van der Waals surface area contributed by atoms with E-state index in [1.165, 1.54) is 0 Å². The van der Waals surface area contributed by atoms with Crippen LogP contribution >= 0.6 is 0 Å². The quantitative estimate of drug-likeness (QED) is 0.563. The molecular weight excluding hydrogens is 364 g/mol. The molecule has 1 aromatic heterocycles. The Morgan fingerprint density at radius 3 is 2.55 bits per heavy atom. The third kappa shape index (κ3) is 3.40. The van der Waals surface area contributed by atoms with E-state index >= 15 is 0 Å². The minimum Gasteiger partial charge on any atom is -0.497 e. The normalized spacial score (nSPS) is 15.6. The van der Waals surface area contributed by atoms with Crippen LogP contribution in [0.4, 0.5) is 0 Å². The lowest BCUT2D eigenvalue weighted by atomic mass is 10.0. The molecule has 0 aliphatic carbocycles. The van der Waals surface area contributed by atoms with Crippen LogP contribution in [0, 0.1) is 6.92 Å². The summed E-state index contributed by atoms with van der Waals surface area (Å²) in [6, 6.07) is 13.3. The number of benzene rings is 2. The average Bonchev–Trinajstić information content (AvgIpc) is 3.04. The summed E-state index contributed by atoms with van der Waals surface area (Å²) in [5.41, 5.74) is 3.45. The average molecular weight is 392 g/mol. The Hall–Kier alpha value is -2.79. The molecule has 1 aliphatic heterocycles. The number of rotatable bonds is 7. The van der Waals surface area contributed by atoms with Gasteiger partial charge in [0.2, 0.25) is 0 Å². The van der Waals surface area contributed by atoms with E-state index in [1.54, 1.807) is 7.11 Å². The highest BCUT2D eigenvalue weighted by atomic mass is 16.5. The number of ketones is 1. The lowest BCUT2D eigenvalue weighted by Crippen LogP contribution is -2.39. The van der Waals surface area contributed by atoms with Gasteiger partial charge in [0.15, 0.2) is 5.78 Å². The van der Waals surface area contributed by atoms with Gasteiger partial charge in [0.25, 0.3) is 0 Å². The number of carbonyl (C=O) groups is 1. The molecule has 3 aromatic rings. The Labute approximate surface area is 171 Å². The van der Waals surface area contributed by atoms with E-state index in [9.17, 15) is 4.79 Å². The molecular formula is C24H28N2O3. The number of aromatic nitrogens is 1. The van der Waals surface area contributed by atoms with Crippen molar-refractivity contribution in [2.75, 3.05) is 26.7 Å². The molecule has 0 amide bonds. The smallest absolute Gasteiger partial charge is 0.195 e. The zero-order chi connectivity index (χ0) is 20.5. The van der Waals surface area contributed by atoms with Crippen LogP contribution in [0.2, 0.25) is 0 Å². The maximum Gasteiger partial charge on any atom is 0.195 e. The number of nitrogens with zero attached hydrogens (tertiary/aromatic N) is 2. The fourth-order valence-electron chi connectivity index (χ4n) is 4.28. The first-order valence-electron chi connectivity index (χ1n) is 10.3. The van der Waals surface area contributed by atoms with E-state index in [0.717, 1.165) is 59.8 Å². The summed E-state index contributed by atoms with van der Waals surface area (Å²) >= 11 is 0. The second-order valence-electron chi connectivity index (χ2n) is 7.51. The van der Waals surface area contributed by atoms with Crippen molar-refractivity contribution in [1.29, 1.82) is 0 Å². The summed E-state index contributed by atoms with van der Waals surface area (Å²) in [5, 5.41) is 0.960. The van der Waals surface area contributed by atoms with Crippen LogP contribution in [0.25, 0.3) is 10.9 Å². The third-order valence-electron chi connectivity index (χ3n) is 5.92. The van der Waals surface area contributed by atoms with Crippen molar-refractivity contribution in [3.63, 3.8) is 0 Å². The van der Waals surface area contributed by atoms with Crippen molar-refractivity contribution in [2.45, 2.75) is 33.4 Å². The van der Waals surface area contributed by atoms with E-state index in [4.69, 9.17) is 9.47 Å². The molecule has 1 aliphatic rings. The van der Waals surface area contributed by atoms with Crippen LogP contribution in [0.15, 0.2) is 42.5 Å². The lowest BCUT2D eigenvalue weighted by Gasteiger charge is -2.30. The number of hydrogen-bond donors (Lipinski definition) is 0. The van der Waals surface area contributed by atoms with Crippen molar-refractivity contribution >= 4 is 16.7 Å². The van der Waals surface area contributed by atoms with Gasteiger partial charge in [-0.15, -0.1) is 0 Å². The van der Waals surface area contributed by atoms with E-state index in [2.05, 4.69) is 23.3 Å². The Balaban J connectivity index is 1.74. The van der Waals surface area contributed by atoms with Crippen LogP contribution in [-0.2, 0) is 6.54 Å². The number of para-hydroxylation sites is 1. The molecule has 0 spiro atoms.